The lowest BCUT2D eigenvalue weighted by Crippen LogP contribution is -2.45. The molecule has 1 heterocycles. The minimum absolute atomic E-state index is 0.260. The monoisotopic (exact) mass is 240 g/mol. The first-order valence-corrected chi connectivity index (χ1v) is 5.98. The summed E-state index contributed by atoms with van der Waals surface area (Å²) >= 11 is 0. The molecule has 0 radical (unpaired) electrons. The summed E-state index contributed by atoms with van der Waals surface area (Å²) in [5, 5.41) is 0. The number of hydrogen-bond donors (Lipinski definition) is 1. The topological polar surface area (TPSA) is 29.3 Å². The molecule has 1 aromatic carbocycles. The minimum Gasteiger partial charge on any atom is -0.327 e. The van der Waals surface area contributed by atoms with E-state index in [-0.39, 0.29) is 6.04 Å². The Morgan fingerprint density at radius 2 is 2.12 bits per heavy atom. The van der Waals surface area contributed by atoms with Crippen molar-refractivity contribution in [3.8, 4) is 0 Å². The molecule has 2 unspecified atom stereocenters. The lowest BCUT2D eigenvalue weighted by atomic mass is 9.94. The number of halogens is 2. The number of nitrogens with two attached hydrogens (primary N) is 1. The fourth-order valence-electron chi connectivity index (χ4n) is 2.29. The van der Waals surface area contributed by atoms with Crippen LogP contribution in [0.1, 0.15) is 18.9 Å². The van der Waals surface area contributed by atoms with E-state index in [0.717, 1.165) is 25.1 Å². The molecule has 0 spiro atoms. The molecule has 0 aromatic heterocycles. The molecular weight excluding hydrogens is 222 g/mol. The maximum Gasteiger partial charge on any atom is 0.159 e. The van der Waals surface area contributed by atoms with Crippen molar-refractivity contribution in [2.75, 3.05) is 13.1 Å². The van der Waals surface area contributed by atoms with Gasteiger partial charge in [-0.3, -0.25) is 4.90 Å². The maximum atomic E-state index is 13.1. The SMILES string of the molecule is CC1CN(Cc2ccc(F)c(F)c2)CCC1N. The van der Waals surface area contributed by atoms with Crippen LogP contribution in [0.3, 0.4) is 0 Å². The third kappa shape index (κ3) is 3.01. The average molecular weight is 240 g/mol. The fourth-order valence-corrected chi connectivity index (χ4v) is 2.29. The van der Waals surface area contributed by atoms with Gasteiger partial charge in [0.1, 0.15) is 0 Å². The van der Waals surface area contributed by atoms with Crippen molar-refractivity contribution in [2.24, 2.45) is 11.7 Å². The highest BCUT2D eigenvalue weighted by Crippen LogP contribution is 2.18. The van der Waals surface area contributed by atoms with E-state index in [1.807, 2.05) is 0 Å². The summed E-state index contributed by atoms with van der Waals surface area (Å²) in [4.78, 5) is 2.24. The van der Waals surface area contributed by atoms with E-state index in [0.29, 0.717) is 12.5 Å². The van der Waals surface area contributed by atoms with Crippen molar-refractivity contribution >= 4 is 0 Å². The number of rotatable bonds is 2. The Morgan fingerprint density at radius 1 is 1.35 bits per heavy atom. The highest BCUT2D eigenvalue weighted by molar-refractivity contribution is 5.17. The van der Waals surface area contributed by atoms with Crippen molar-refractivity contribution < 1.29 is 8.78 Å². The van der Waals surface area contributed by atoms with Gasteiger partial charge in [-0.05, 0) is 36.6 Å². The fraction of sp³-hybridized carbons (Fsp3) is 0.538. The first-order valence-electron chi connectivity index (χ1n) is 5.98. The van der Waals surface area contributed by atoms with Gasteiger partial charge in [-0.25, -0.2) is 8.78 Å². The molecule has 0 amide bonds. The summed E-state index contributed by atoms with van der Waals surface area (Å²) in [6.07, 6.45) is 0.963. The van der Waals surface area contributed by atoms with Gasteiger partial charge in [0, 0.05) is 19.1 Å². The van der Waals surface area contributed by atoms with Gasteiger partial charge >= 0.3 is 0 Å². The molecule has 17 heavy (non-hydrogen) atoms. The number of likely N-dealkylation sites (tertiary alicyclic amines) is 1. The minimum atomic E-state index is -0.789. The highest BCUT2D eigenvalue weighted by Gasteiger charge is 2.23. The first kappa shape index (κ1) is 12.5. The molecule has 0 bridgehead atoms. The van der Waals surface area contributed by atoms with Crippen LogP contribution in [0.15, 0.2) is 18.2 Å². The average Bonchev–Trinajstić information content (AvgIpc) is 2.29. The molecule has 0 saturated carbocycles. The van der Waals surface area contributed by atoms with Gasteiger partial charge in [0.25, 0.3) is 0 Å². The third-order valence-corrected chi connectivity index (χ3v) is 3.45. The van der Waals surface area contributed by atoms with Crippen LogP contribution in [-0.4, -0.2) is 24.0 Å². The van der Waals surface area contributed by atoms with Crippen LogP contribution in [0, 0.1) is 17.6 Å². The van der Waals surface area contributed by atoms with E-state index in [4.69, 9.17) is 5.73 Å². The third-order valence-electron chi connectivity index (χ3n) is 3.45. The molecule has 2 nitrogen and oxygen atoms in total. The van der Waals surface area contributed by atoms with E-state index in [2.05, 4.69) is 11.8 Å². The van der Waals surface area contributed by atoms with E-state index in [1.165, 1.54) is 12.1 Å². The highest BCUT2D eigenvalue weighted by atomic mass is 19.2. The molecule has 1 aliphatic heterocycles. The molecule has 0 aliphatic carbocycles. The van der Waals surface area contributed by atoms with Crippen LogP contribution >= 0.6 is 0 Å². The largest absolute Gasteiger partial charge is 0.327 e. The Bertz CT molecular complexity index is 395. The summed E-state index contributed by atoms with van der Waals surface area (Å²) in [6, 6.07) is 4.35. The standard InChI is InChI=1S/C13H18F2N2/c1-9-7-17(5-4-13(9)16)8-10-2-3-11(14)12(15)6-10/h2-3,6,9,13H,4-5,7-8,16H2,1H3. The molecule has 94 valence electrons. The molecule has 1 saturated heterocycles. The Morgan fingerprint density at radius 3 is 2.76 bits per heavy atom. The second-order valence-electron chi connectivity index (χ2n) is 4.91. The van der Waals surface area contributed by atoms with Crippen LogP contribution in [-0.2, 0) is 6.54 Å². The Balaban J connectivity index is 1.99. The molecule has 2 N–H and O–H groups in total. The number of hydrogen-bond acceptors (Lipinski definition) is 2. The molecule has 1 aromatic rings. The summed E-state index contributed by atoms with van der Waals surface area (Å²) in [6.45, 7) is 4.63. The van der Waals surface area contributed by atoms with Gasteiger partial charge in [-0.15, -0.1) is 0 Å². The Kier molecular flexibility index (Phi) is 3.74. The molecular formula is C13H18F2N2. The van der Waals surface area contributed by atoms with Crippen molar-refractivity contribution in [3.63, 3.8) is 0 Å². The predicted octanol–water partition coefficient (Wildman–Crippen LogP) is 2.13. The molecule has 1 fully saturated rings. The summed E-state index contributed by atoms with van der Waals surface area (Å²) in [5.41, 5.74) is 6.75. The van der Waals surface area contributed by atoms with Crippen molar-refractivity contribution in [1.29, 1.82) is 0 Å². The second kappa shape index (κ2) is 5.10. The second-order valence-corrected chi connectivity index (χ2v) is 4.91. The van der Waals surface area contributed by atoms with Gasteiger partial charge in [0.05, 0.1) is 0 Å². The molecule has 2 atom stereocenters. The Hall–Kier alpha value is -1.00. The van der Waals surface area contributed by atoms with Gasteiger partial charge in [0.2, 0.25) is 0 Å². The predicted molar refractivity (Wildman–Crippen MR) is 63.4 cm³/mol. The lowest BCUT2D eigenvalue weighted by molar-refractivity contribution is 0.157. The van der Waals surface area contributed by atoms with E-state index >= 15 is 0 Å². The van der Waals surface area contributed by atoms with Crippen LogP contribution in [0.4, 0.5) is 8.78 Å². The van der Waals surface area contributed by atoms with Gasteiger partial charge in [-0.1, -0.05) is 13.0 Å². The van der Waals surface area contributed by atoms with Gasteiger partial charge in [0.15, 0.2) is 11.6 Å². The van der Waals surface area contributed by atoms with E-state index < -0.39 is 11.6 Å². The van der Waals surface area contributed by atoms with E-state index in [1.54, 1.807) is 6.07 Å². The quantitative estimate of drug-likeness (QED) is 0.858. The van der Waals surface area contributed by atoms with Gasteiger partial charge in [-0.2, -0.15) is 0 Å². The zero-order valence-corrected chi connectivity index (χ0v) is 10.00. The van der Waals surface area contributed by atoms with Crippen LogP contribution < -0.4 is 5.73 Å². The number of nitrogens with zero attached hydrogens (tertiary/aromatic N) is 1. The van der Waals surface area contributed by atoms with Crippen molar-refractivity contribution in [1.82, 2.24) is 4.90 Å². The van der Waals surface area contributed by atoms with Gasteiger partial charge < -0.3 is 5.73 Å². The van der Waals surface area contributed by atoms with E-state index in [9.17, 15) is 8.78 Å². The van der Waals surface area contributed by atoms with Crippen LogP contribution in [0.2, 0.25) is 0 Å². The maximum absolute atomic E-state index is 13.1. The van der Waals surface area contributed by atoms with Crippen LogP contribution in [0.25, 0.3) is 0 Å². The normalized spacial score (nSPS) is 26.1. The summed E-state index contributed by atoms with van der Waals surface area (Å²) in [5.74, 6) is -1.11. The first-order chi connectivity index (χ1) is 8.06. The Labute approximate surface area is 100 Å². The molecule has 2 rings (SSSR count). The lowest BCUT2D eigenvalue weighted by Gasteiger charge is -2.35. The van der Waals surface area contributed by atoms with Crippen molar-refractivity contribution in [3.05, 3.63) is 35.4 Å². The zero-order chi connectivity index (χ0) is 12.4. The summed E-state index contributed by atoms with van der Waals surface area (Å²) in [7, 11) is 0. The zero-order valence-electron chi connectivity index (χ0n) is 10.00. The van der Waals surface area contributed by atoms with Crippen molar-refractivity contribution in [2.45, 2.75) is 25.9 Å². The molecule has 1 aliphatic rings. The summed E-state index contributed by atoms with van der Waals surface area (Å²) < 4.78 is 25.8. The smallest absolute Gasteiger partial charge is 0.159 e. The number of benzene rings is 1. The number of piperidine rings is 1. The van der Waals surface area contributed by atoms with Crippen LogP contribution in [0.5, 0.6) is 0 Å². The molecule has 4 heteroatoms.